The average Bonchev–Trinajstić information content (AvgIpc) is 3.22. The zero-order valence-electron chi connectivity index (χ0n) is 12.2. The number of hydrogen-bond donors (Lipinski definition) is 1. The number of rotatable bonds is 5. The van der Waals surface area contributed by atoms with Crippen LogP contribution in [0.25, 0.3) is 23.6 Å². The smallest absolute Gasteiger partial charge is 0.338 e. The molecule has 0 fully saturated rings. The summed E-state index contributed by atoms with van der Waals surface area (Å²) in [7, 11) is 1.63. The first-order valence-electron chi connectivity index (χ1n) is 6.75. The first-order chi connectivity index (χ1) is 11.2. The van der Waals surface area contributed by atoms with Crippen molar-refractivity contribution in [3.05, 3.63) is 58.1 Å². The van der Waals surface area contributed by atoms with E-state index in [9.17, 15) is 4.79 Å². The lowest BCUT2D eigenvalue weighted by molar-refractivity contribution is 0.0696. The number of thiazole rings is 1. The van der Waals surface area contributed by atoms with Gasteiger partial charge in [-0.2, -0.15) is 0 Å². The van der Waals surface area contributed by atoms with E-state index in [-0.39, 0.29) is 5.56 Å². The van der Waals surface area contributed by atoms with Gasteiger partial charge in [-0.05, 0) is 23.8 Å². The highest BCUT2D eigenvalue weighted by Gasteiger charge is 2.12. The molecule has 0 aliphatic heterocycles. The van der Waals surface area contributed by atoms with Crippen molar-refractivity contribution in [3.8, 4) is 17.2 Å². The predicted octanol–water partition coefficient (Wildman–Crippen LogP) is 4.28. The second kappa shape index (κ2) is 6.50. The van der Waals surface area contributed by atoms with Gasteiger partial charge in [0.15, 0.2) is 5.76 Å². The topological polar surface area (TPSA) is 72.6 Å². The molecule has 0 aliphatic rings. The summed E-state index contributed by atoms with van der Waals surface area (Å²) >= 11 is 1.45. The number of aromatic carboxylic acids is 1. The Morgan fingerprint density at radius 3 is 2.96 bits per heavy atom. The number of ether oxygens (including phenoxy) is 1. The predicted molar refractivity (Wildman–Crippen MR) is 88.7 cm³/mol. The Morgan fingerprint density at radius 2 is 2.22 bits per heavy atom. The Morgan fingerprint density at radius 1 is 1.35 bits per heavy atom. The number of nitrogens with zero attached hydrogens (tertiary/aromatic N) is 1. The summed E-state index contributed by atoms with van der Waals surface area (Å²) in [5.74, 6) is 0.219. The largest absolute Gasteiger partial charge is 0.497 e. The fourth-order valence-corrected chi connectivity index (χ4v) is 2.67. The van der Waals surface area contributed by atoms with Crippen molar-refractivity contribution in [2.24, 2.45) is 0 Å². The third-order valence-electron chi connectivity index (χ3n) is 3.13. The van der Waals surface area contributed by atoms with Gasteiger partial charge in [0.25, 0.3) is 0 Å². The first kappa shape index (κ1) is 15.1. The second-order valence-electron chi connectivity index (χ2n) is 4.69. The normalized spacial score (nSPS) is 11.0. The van der Waals surface area contributed by atoms with Gasteiger partial charge in [0.1, 0.15) is 22.7 Å². The fraction of sp³-hybridized carbons (Fsp3) is 0.0588. The summed E-state index contributed by atoms with van der Waals surface area (Å²) in [6.07, 6.45) is 5.04. The van der Waals surface area contributed by atoms with Crippen LogP contribution in [0.2, 0.25) is 0 Å². The third-order valence-corrected chi connectivity index (χ3v) is 3.94. The van der Waals surface area contributed by atoms with E-state index < -0.39 is 5.97 Å². The molecule has 0 bridgehead atoms. The van der Waals surface area contributed by atoms with Crippen LogP contribution in [0, 0.1) is 0 Å². The monoisotopic (exact) mass is 327 g/mol. The van der Waals surface area contributed by atoms with Gasteiger partial charge >= 0.3 is 5.97 Å². The molecule has 3 aromatic rings. The molecule has 116 valence electrons. The van der Waals surface area contributed by atoms with Crippen molar-refractivity contribution in [2.75, 3.05) is 7.11 Å². The van der Waals surface area contributed by atoms with Crippen LogP contribution in [0.15, 0.2) is 46.4 Å². The molecule has 0 spiro atoms. The summed E-state index contributed by atoms with van der Waals surface area (Å²) in [5.41, 5.74) is 1.74. The van der Waals surface area contributed by atoms with E-state index in [1.54, 1.807) is 7.11 Å². The van der Waals surface area contributed by atoms with Crippen LogP contribution in [0.3, 0.4) is 0 Å². The molecule has 5 nitrogen and oxygen atoms in total. The minimum atomic E-state index is -1.02. The number of benzene rings is 1. The molecule has 0 aliphatic carbocycles. The minimum absolute atomic E-state index is 0.112. The van der Waals surface area contributed by atoms with Crippen LogP contribution in [0.1, 0.15) is 20.9 Å². The molecule has 23 heavy (non-hydrogen) atoms. The van der Waals surface area contributed by atoms with Crippen LogP contribution >= 0.6 is 11.3 Å². The van der Waals surface area contributed by atoms with Crippen molar-refractivity contribution < 1.29 is 19.1 Å². The standard InChI is InChI=1S/C17H13NO4S/c1-21-13-4-2-3-11(7-13)5-6-16-18-14(10-23-16)15-8-12(9-22-15)17(19)20/h2-10H,1H3,(H,19,20)/b6-5-. The molecular formula is C17H13NO4S. The van der Waals surface area contributed by atoms with Crippen molar-refractivity contribution in [3.63, 3.8) is 0 Å². The molecule has 0 unspecified atom stereocenters. The highest BCUT2D eigenvalue weighted by atomic mass is 32.1. The van der Waals surface area contributed by atoms with E-state index in [1.807, 2.05) is 41.8 Å². The lowest BCUT2D eigenvalue weighted by Gasteiger charge is -1.99. The summed E-state index contributed by atoms with van der Waals surface area (Å²) in [6, 6.07) is 9.17. The maximum absolute atomic E-state index is 10.9. The number of aromatic nitrogens is 1. The molecule has 1 aromatic carbocycles. The van der Waals surface area contributed by atoms with Crippen LogP contribution < -0.4 is 4.74 Å². The zero-order chi connectivity index (χ0) is 16.2. The second-order valence-corrected chi connectivity index (χ2v) is 5.58. The molecular weight excluding hydrogens is 314 g/mol. The van der Waals surface area contributed by atoms with E-state index >= 15 is 0 Å². The maximum Gasteiger partial charge on any atom is 0.338 e. The highest BCUT2D eigenvalue weighted by molar-refractivity contribution is 7.10. The third kappa shape index (κ3) is 3.49. The van der Waals surface area contributed by atoms with Gasteiger partial charge in [-0.15, -0.1) is 11.3 Å². The Labute approximate surface area is 136 Å². The number of carbonyl (C=O) groups is 1. The Balaban J connectivity index is 1.78. The molecule has 0 radical (unpaired) electrons. The van der Waals surface area contributed by atoms with Gasteiger partial charge in [-0.1, -0.05) is 18.2 Å². The highest BCUT2D eigenvalue weighted by Crippen LogP contribution is 2.25. The minimum Gasteiger partial charge on any atom is -0.497 e. The molecule has 2 aromatic heterocycles. The number of furan rings is 1. The molecule has 2 heterocycles. The van der Waals surface area contributed by atoms with E-state index in [0.717, 1.165) is 16.3 Å². The fourth-order valence-electron chi connectivity index (χ4n) is 1.97. The Bertz CT molecular complexity index is 863. The molecule has 6 heteroatoms. The molecule has 0 saturated carbocycles. The van der Waals surface area contributed by atoms with Crippen molar-refractivity contribution >= 4 is 29.5 Å². The zero-order valence-corrected chi connectivity index (χ0v) is 13.0. The van der Waals surface area contributed by atoms with Crippen molar-refractivity contribution in [1.82, 2.24) is 4.98 Å². The van der Waals surface area contributed by atoms with Gasteiger partial charge in [0, 0.05) is 11.4 Å². The molecule has 0 amide bonds. The van der Waals surface area contributed by atoms with Crippen molar-refractivity contribution in [1.29, 1.82) is 0 Å². The lowest BCUT2D eigenvalue weighted by atomic mass is 10.2. The maximum atomic E-state index is 10.9. The van der Waals surface area contributed by atoms with E-state index in [1.165, 1.54) is 23.7 Å². The van der Waals surface area contributed by atoms with Crippen molar-refractivity contribution in [2.45, 2.75) is 0 Å². The van der Waals surface area contributed by atoms with Gasteiger partial charge < -0.3 is 14.3 Å². The molecule has 3 rings (SSSR count). The van der Waals surface area contributed by atoms with E-state index in [4.69, 9.17) is 14.3 Å². The summed E-state index contributed by atoms with van der Waals surface area (Å²) in [5, 5.41) is 11.5. The van der Waals surface area contributed by atoms with Crippen LogP contribution in [0.5, 0.6) is 5.75 Å². The first-order valence-corrected chi connectivity index (χ1v) is 7.63. The van der Waals surface area contributed by atoms with Gasteiger partial charge in [0.2, 0.25) is 0 Å². The summed E-state index contributed by atoms with van der Waals surface area (Å²) < 4.78 is 10.4. The van der Waals surface area contributed by atoms with E-state index in [2.05, 4.69) is 4.98 Å². The molecule has 0 saturated heterocycles. The summed E-state index contributed by atoms with van der Waals surface area (Å²) in [6.45, 7) is 0. The van der Waals surface area contributed by atoms with Gasteiger partial charge in [-0.25, -0.2) is 9.78 Å². The lowest BCUT2D eigenvalue weighted by Crippen LogP contribution is -1.91. The number of methoxy groups -OCH3 is 1. The van der Waals surface area contributed by atoms with Gasteiger partial charge in [-0.3, -0.25) is 0 Å². The van der Waals surface area contributed by atoms with Crippen LogP contribution in [-0.4, -0.2) is 23.2 Å². The number of hydrogen-bond acceptors (Lipinski definition) is 5. The molecule has 1 N–H and O–H groups in total. The van der Waals surface area contributed by atoms with Crippen LogP contribution in [0.4, 0.5) is 0 Å². The number of carboxylic acids is 1. The SMILES string of the molecule is COc1cccc(/C=C\c2nc(-c3cc(C(=O)O)co3)cs2)c1. The Kier molecular flexibility index (Phi) is 4.25. The number of carboxylic acid groups (broad SMARTS) is 1. The van der Waals surface area contributed by atoms with Gasteiger partial charge in [0.05, 0.1) is 12.7 Å². The quantitative estimate of drug-likeness (QED) is 0.757. The summed E-state index contributed by atoms with van der Waals surface area (Å²) in [4.78, 5) is 15.3. The Hall–Kier alpha value is -2.86. The van der Waals surface area contributed by atoms with Crippen LogP contribution in [-0.2, 0) is 0 Å². The molecule has 0 atom stereocenters. The van der Waals surface area contributed by atoms with E-state index in [0.29, 0.717) is 11.5 Å². The average molecular weight is 327 g/mol.